The second-order valence-electron chi connectivity index (χ2n) is 4.24. The highest BCUT2D eigenvalue weighted by Gasteiger charge is 2.33. The SMILES string of the molecule is O=C1CCNC2C=CC3=C(OC=CO3)C2CN1. The number of fused-ring (bicyclic) bond motifs is 2. The Kier molecular flexibility index (Phi) is 2.60. The molecule has 5 heteroatoms. The van der Waals surface area contributed by atoms with Crippen LogP contribution in [0.4, 0.5) is 0 Å². The summed E-state index contributed by atoms with van der Waals surface area (Å²) in [6.45, 7) is 1.24. The van der Waals surface area contributed by atoms with Gasteiger partial charge in [0.2, 0.25) is 5.91 Å². The summed E-state index contributed by atoms with van der Waals surface area (Å²) in [5.74, 6) is 1.67. The predicted molar refractivity (Wildman–Crippen MR) is 60.4 cm³/mol. The molecule has 0 bridgehead atoms. The Morgan fingerprint density at radius 2 is 2.18 bits per heavy atom. The summed E-state index contributed by atoms with van der Waals surface area (Å²) in [6, 6.07) is 0.185. The van der Waals surface area contributed by atoms with Gasteiger partial charge in [-0.15, -0.1) is 0 Å². The van der Waals surface area contributed by atoms with Crippen molar-refractivity contribution in [2.24, 2.45) is 5.92 Å². The number of carbonyl (C=O) groups is 1. The predicted octanol–water partition coefficient (Wildman–Crippen LogP) is 0.380. The lowest BCUT2D eigenvalue weighted by molar-refractivity contribution is -0.121. The minimum Gasteiger partial charge on any atom is -0.462 e. The molecule has 0 saturated carbocycles. The molecule has 5 nitrogen and oxygen atoms in total. The Bertz CT molecular complexity index is 425. The van der Waals surface area contributed by atoms with Gasteiger partial charge in [0.25, 0.3) is 0 Å². The molecule has 2 aliphatic heterocycles. The highest BCUT2D eigenvalue weighted by atomic mass is 16.5. The molecule has 0 aromatic heterocycles. The zero-order valence-electron chi connectivity index (χ0n) is 9.31. The summed E-state index contributed by atoms with van der Waals surface area (Å²) in [5, 5.41) is 6.26. The molecule has 0 spiro atoms. The fourth-order valence-corrected chi connectivity index (χ4v) is 2.29. The van der Waals surface area contributed by atoms with Crippen molar-refractivity contribution in [2.45, 2.75) is 12.5 Å². The van der Waals surface area contributed by atoms with Crippen molar-refractivity contribution in [3.05, 3.63) is 36.2 Å². The number of allylic oxidation sites excluding steroid dienone is 1. The molecule has 2 atom stereocenters. The van der Waals surface area contributed by atoms with E-state index in [4.69, 9.17) is 9.47 Å². The quantitative estimate of drug-likeness (QED) is 0.636. The minimum atomic E-state index is 0.0694. The molecule has 0 aromatic carbocycles. The van der Waals surface area contributed by atoms with Gasteiger partial charge in [0.05, 0.1) is 5.92 Å². The van der Waals surface area contributed by atoms with Crippen LogP contribution in [0, 0.1) is 5.92 Å². The average molecular weight is 234 g/mol. The molecule has 1 amide bonds. The lowest BCUT2D eigenvalue weighted by atomic mass is 9.91. The normalized spacial score (nSPS) is 31.4. The van der Waals surface area contributed by atoms with Crippen molar-refractivity contribution < 1.29 is 14.3 Å². The van der Waals surface area contributed by atoms with Gasteiger partial charge in [0, 0.05) is 25.6 Å². The molecule has 2 heterocycles. The molecule has 17 heavy (non-hydrogen) atoms. The van der Waals surface area contributed by atoms with Gasteiger partial charge in [-0.25, -0.2) is 0 Å². The van der Waals surface area contributed by atoms with Gasteiger partial charge in [-0.05, 0) is 6.08 Å². The first-order chi connectivity index (χ1) is 8.34. The van der Waals surface area contributed by atoms with E-state index in [9.17, 15) is 4.79 Å². The van der Waals surface area contributed by atoms with Crippen molar-refractivity contribution in [3.8, 4) is 0 Å². The van der Waals surface area contributed by atoms with Crippen LogP contribution in [-0.4, -0.2) is 25.0 Å². The third-order valence-corrected chi connectivity index (χ3v) is 3.16. The summed E-state index contributed by atoms with van der Waals surface area (Å²) in [5.41, 5.74) is 0. The zero-order chi connectivity index (χ0) is 11.7. The van der Waals surface area contributed by atoms with E-state index in [1.54, 1.807) is 0 Å². The summed E-state index contributed by atoms with van der Waals surface area (Å²) in [4.78, 5) is 11.4. The summed E-state index contributed by atoms with van der Waals surface area (Å²) in [6.07, 6.45) is 7.52. The van der Waals surface area contributed by atoms with E-state index in [0.29, 0.717) is 19.5 Å². The van der Waals surface area contributed by atoms with E-state index in [1.165, 1.54) is 12.5 Å². The summed E-state index contributed by atoms with van der Waals surface area (Å²) >= 11 is 0. The Morgan fingerprint density at radius 1 is 1.29 bits per heavy atom. The largest absolute Gasteiger partial charge is 0.462 e. The fraction of sp³-hybridized carbons (Fsp3) is 0.417. The van der Waals surface area contributed by atoms with E-state index >= 15 is 0 Å². The van der Waals surface area contributed by atoms with E-state index < -0.39 is 0 Å². The first-order valence-corrected chi connectivity index (χ1v) is 5.75. The maximum absolute atomic E-state index is 11.4. The van der Waals surface area contributed by atoms with Gasteiger partial charge < -0.3 is 20.1 Å². The van der Waals surface area contributed by atoms with E-state index in [2.05, 4.69) is 16.7 Å². The minimum absolute atomic E-state index is 0.0694. The van der Waals surface area contributed by atoms with Crippen LogP contribution < -0.4 is 10.6 Å². The number of carbonyl (C=O) groups excluding carboxylic acids is 1. The van der Waals surface area contributed by atoms with Crippen molar-refractivity contribution in [1.82, 2.24) is 10.6 Å². The van der Waals surface area contributed by atoms with Crippen LogP contribution >= 0.6 is 0 Å². The smallest absolute Gasteiger partial charge is 0.221 e. The zero-order valence-corrected chi connectivity index (χ0v) is 9.31. The van der Waals surface area contributed by atoms with E-state index in [-0.39, 0.29) is 17.9 Å². The van der Waals surface area contributed by atoms with Crippen LogP contribution in [-0.2, 0) is 14.3 Å². The second kappa shape index (κ2) is 4.25. The molecule has 3 rings (SSSR count). The average Bonchev–Trinajstić information content (AvgIpc) is 2.34. The monoisotopic (exact) mass is 234 g/mol. The number of nitrogens with one attached hydrogen (secondary N) is 2. The van der Waals surface area contributed by atoms with Crippen LogP contribution in [0.15, 0.2) is 36.2 Å². The first kappa shape index (κ1) is 10.4. The topological polar surface area (TPSA) is 59.6 Å². The highest BCUT2D eigenvalue weighted by molar-refractivity contribution is 5.76. The maximum atomic E-state index is 11.4. The lowest BCUT2D eigenvalue weighted by Crippen LogP contribution is -2.48. The summed E-state index contributed by atoms with van der Waals surface area (Å²) < 4.78 is 10.9. The maximum Gasteiger partial charge on any atom is 0.221 e. The summed E-state index contributed by atoms with van der Waals surface area (Å²) in [7, 11) is 0. The molecule has 1 saturated heterocycles. The van der Waals surface area contributed by atoms with Gasteiger partial charge in [-0.3, -0.25) is 4.79 Å². The van der Waals surface area contributed by atoms with Gasteiger partial charge in [-0.2, -0.15) is 0 Å². The number of hydrogen-bond donors (Lipinski definition) is 2. The van der Waals surface area contributed by atoms with Crippen LogP contribution in [0.2, 0.25) is 0 Å². The van der Waals surface area contributed by atoms with Crippen molar-refractivity contribution >= 4 is 5.91 Å². The number of rotatable bonds is 0. The van der Waals surface area contributed by atoms with E-state index in [1.807, 2.05) is 6.08 Å². The second-order valence-corrected chi connectivity index (χ2v) is 4.24. The van der Waals surface area contributed by atoms with Gasteiger partial charge in [0.15, 0.2) is 11.5 Å². The molecule has 0 radical (unpaired) electrons. The molecule has 2 N–H and O–H groups in total. The Hall–Kier alpha value is -1.75. The standard InChI is InChI=1S/C12H14N2O3/c15-11-3-4-13-9-1-2-10-12(8(9)7-14-11)17-6-5-16-10/h1-2,5-6,8-9,13H,3-4,7H2,(H,14,15). The molecule has 90 valence electrons. The van der Waals surface area contributed by atoms with Crippen LogP contribution in [0.3, 0.4) is 0 Å². The van der Waals surface area contributed by atoms with Crippen LogP contribution in [0.5, 0.6) is 0 Å². The number of hydrogen-bond acceptors (Lipinski definition) is 4. The van der Waals surface area contributed by atoms with Crippen molar-refractivity contribution in [1.29, 1.82) is 0 Å². The third-order valence-electron chi connectivity index (χ3n) is 3.16. The van der Waals surface area contributed by atoms with Gasteiger partial charge in [-0.1, -0.05) is 6.08 Å². The Balaban J connectivity index is 1.84. The van der Waals surface area contributed by atoms with Crippen LogP contribution in [0.25, 0.3) is 0 Å². The van der Waals surface area contributed by atoms with Crippen LogP contribution in [0.1, 0.15) is 6.42 Å². The number of amides is 1. The molecule has 0 aromatic rings. The Labute approximate surface area is 99.2 Å². The molecule has 3 aliphatic rings. The molecule has 1 fully saturated rings. The number of ether oxygens (including phenoxy) is 2. The van der Waals surface area contributed by atoms with Crippen molar-refractivity contribution in [3.63, 3.8) is 0 Å². The third kappa shape index (κ3) is 1.93. The lowest BCUT2D eigenvalue weighted by Gasteiger charge is -2.33. The molecular weight excluding hydrogens is 220 g/mol. The van der Waals surface area contributed by atoms with Gasteiger partial charge in [0.1, 0.15) is 12.5 Å². The van der Waals surface area contributed by atoms with E-state index in [0.717, 1.165) is 11.5 Å². The van der Waals surface area contributed by atoms with Crippen molar-refractivity contribution in [2.75, 3.05) is 13.1 Å². The molecule has 1 aliphatic carbocycles. The Morgan fingerprint density at radius 3 is 3.12 bits per heavy atom. The highest BCUT2D eigenvalue weighted by Crippen LogP contribution is 2.30. The molecular formula is C12H14N2O3. The molecule has 2 unspecified atom stereocenters. The van der Waals surface area contributed by atoms with Gasteiger partial charge >= 0.3 is 0 Å². The fourth-order valence-electron chi connectivity index (χ4n) is 2.29. The first-order valence-electron chi connectivity index (χ1n) is 5.75.